The van der Waals surface area contributed by atoms with Crippen LogP contribution in [-0.2, 0) is 12.1 Å². The van der Waals surface area contributed by atoms with Gasteiger partial charge < -0.3 is 15.5 Å². The highest BCUT2D eigenvalue weighted by Crippen LogP contribution is 2.20. The van der Waals surface area contributed by atoms with E-state index in [9.17, 15) is 9.90 Å². The minimum absolute atomic E-state index is 0.0514. The highest BCUT2D eigenvalue weighted by Gasteiger charge is 2.24. The third-order valence-corrected chi connectivity index (χ3v) is 3.46. The van der Waals surface area contributed by atoms with Crippen molar-refractivity contribution in [1.82, 2.24) is 10.3 Å². The van der Waals surface area contributed by atoms with Crippen molar-refractivity contribution in [3.05, 3.63) is 65.5 Å². The van der Waals surface area contributed by atoms with Crippen molar-refractivity contribution in [2.24, 2.45) is 0 Å². The van der Waals surface area contributed by atoms with Crippen LogP contribution in [0, 0.1) is 0 Å². The molecule has 5 heteroatoms. The van der Waals surface area contributed by atoms with Gasteiger partial charge in [-0.15, -0.1) is 0 Å². The van der Waals surface area contributed by atoms with Crippen LogP contribution in [0.3, 0.4) is 0 Å². The number of benzene rings is 1. The van der Waals surface area contributed by atoms with E-state index in [0.29, 0.717) is 6.54 Å². The van der Waals surface area contributed by atoms with Crippen molar-refractivity contribution in [2.75, 3.05) is 6.61 Å². The Balaban J connectivity index is 2.08. The van der Waals surface area contributed by atoms with Crippen LogP contribution in [0.25, 0.3) is 0 Å². The number of carbonyl (C=O) groups is 1. The third-order valence-electron chi connectivity index (χ3n) is 3.46. The number of rotatable bonds is 6. The number of hydrogen-bond donors (Lipinski definition) is 3. The molecule has 0 saturated heterocycles. The summed E-state index contributed by atoms with van der Waals surface area (Å²) >= 11 is 0. The fourth-order valence-electron chi connectivity index (χ4n) is 2.00. The van der Waals surface area contributed by atoms with Crippen molar-refractivity contribution in [3.8, 4) is 0 Å². The van der Waals surface area contributed by atoms with Gasteiger partial charge in [-0.2, -0.15) is 0 Å². The zero-order valence-electron chi connectivity index (χ0n) is 11.8. The summed E-state index contributed by atoms with van der Waals surface area (Å²) in [5.74, 6) is -0.994. The van der Waals surface area contributed by atoms with E-state index in [4.69, 9.17) is 5.11 Å². The number of carboxylic acids is 1. The van der Waals surface area contributed by atoms with E-state index in [-0.39, 0.29) is 12.2 Å². The Labute approximate surface area is 123 Å². The first-order valence-corrected chi connectivity index (χ1v) is 6.65. The number of aliphatic hydroxyl groups is 1. The molecular weight excluding hydrogens is 268 g/mol. The molecule has 1 aromatic carbocycles. The first-order chi connectivity index (χ1) is 10.0. The lowest BCUT2D eigenvalue weighted by atomic mass is 9.93. The third kappa shape index (κ3) is 3.65. The highest BCUT2D eigenvalue weighted by molar-refractivity contribution is 5.87. The molecular formula is C16H18N2O3. The number of pyridine rings is 1. The first kappa shape index (κ1) is 15.2. The lowest BCUT2D eigenvalue weighted by Crippen LogP contribution is -2.42. The maximum Gasteiger partial charge on any atom is 0.337 e. The molecule has 1 heterocycles. The summed E-state index contributed by atoms with van der Waals surface area (Å²) in [6, 6.07) is 12.8. The minimum Gasteiger partial charge on any atom is -0.478 e. The normalized spacial score (nSPS) is 13.6. The van der Waals surface area contributed by atoms with Gasteiger partial charge in [0.15, 0.2) is 0 Å². The van der Waals surface area contributed by atoms with Gasteiger partial charge in [0, 0.05) is 12.7 Å². The first-order valence-electron chi connectivity index (χ1n) is 6.65. The summed E-state index contributed by atoms with van der Waals surface area (Å²) in [5.41, 5.74) is 1.28. The van der Waals surface area contributed by atoms with Crippen molar-refractivity contribution in [2.45, 2.75) is 19.0 Å². The van der Waals surface area contributed by atoms with Gasteiger partial charge in [0.1, 0.15) is 0 Å². The summed E-state index contributed by atoms with van der Waals surface area (Å²) < 4.78 is 0. The maximum atomic E-state index is 10.8. The molecule has 0 aliphatic carbocycles. The molecule has 0 fully saturated rings. The quantitative estimate of drug-likeness (QED) is 0.754. The number of hydrogen-bond acceptors (Lipinski definition) is 4. The van der Waals surface area contributed by atoms with Crippen molar-refractivity contribution in [3.63, 3.8) is 0 Å². The molecule has 5 nitrogen and oxygen atoms in total. The summed E-state index contributed by atoms with van der Waals surface area (Å²) in [6.07, 6.45) is 1.33. The van der Waals surface area contributed by atoms with E-state index in [0.717, 1.165) is 11.3 Å². The van der Waals surface area contributed by atoms with Gasteiger partial charge in [-0.05, 0) is 24.6 Å². The lowest BCUT2D eigenvalue weighted by Gasteiger charge is -2.29. The molecule has 110 valence electrons. The molecule has 0 spiro atoms. The van der Waals surface area contributed by atoms with Crippen LogP contribution < -0.4 is 5.32 Å². The van der Waals surface area contributed by atoms with E-state index in [2.05, 4.69) is 10.3 Å². The zero-order chi connectivity index (χ0) is 15.3. The van der Waals surface area contributed by atoms with Crippen LogP contribution in [0.1, 0.15) is 28.5 Å². The second-order valence-corrected chi connectivity index (χ2v) is 5.05. The van der Waals surface area contributed by atoms with Gasteiger partial charge in [0.05, 0.1) is 23.4 Å². The van der Waals surface area contributed by atoms with Crippen LogP contribution in [0.15, 0.2) is 48.7 Å². The van der Waals surface area contributed by atoms with Gasteiger partial charge >= 0.3 is 5.97 Å². The zero-order valence-corrected chi connectivity index (χ0v) is 11.8. The molecule has 21 heavy (non-hydrogen) atoms. The molecule has 2 rings (SSSR count). The molecule has 0 saturated carbocycles. The SMILES string of the molecule is CC(CO)(NCc1ccc(C(=O)O)cn1)c1ccccc1. The summed E-state index contributed by atoms with van der Waals surface area (Å²) in [5, 5.41) is 21.8. The monoisotopic (exact) mass is 286 g/mol. The molecule has 1 unspecified atom stereocenters. The molecule has 1 aromatic heterocycles. The molecule has 0 radical (unpaired) electrons. The standard InChI is InChI=1S/C16H18N2O3/c1-16(11-19,13-5-3-2-4-6-13)18-10-14-8-7-12(9-17-14)15(20)21/h2-9,18-19H,10-11H2,1H3,(H,20,21). The van der Waals surface area contributed by atoms with Crippen LogP contribution >= 0.6 is 0 Å². The Morgan fingerprint density at radius 2 is 1.95 bits per heavy atom. The number of aromatic carboxylic acids is 1. The molecule has 0 aliphatic heterocycles. The Hall–Kier alpha value is -2.24. The number of nitrogens with one attached hydrogen (secondary N) is 1. The predicted molar refractivity (Wildman–Crippen MR) is 78.9 cm³/mol. The molecule has 2 aromatic rings. The second-order valence-electron chi connectivity index (χ2n) is 5.05. The summed E-state index contributed by atoms with van der Waals surface area (Å²) in [7, 11) is 0. The van der Waals surface area contributed by atoms with Crippen molar-refractivity contribution >= 4 is 5.97 Å². The molecule has 0 aliphatic rings. The van der Waals surface area contributed by atoms with E-state index < -0.39 is 11.5 Å². The number of nitrogens with zero attached hydrogens (tertiary/aromatic N) is 1. The largest absolute Gasteiger partial charge is 0.478 e. The average molecular weight is 286 g/mol. The van der Waals surface area contributed by atoms with E-state index in [1.807, 2.05) is 37.3 Å². The average Bonchev–Trinajstić information content (AvgIpc) is 2.54. The van der Waals surface area contributed by atoms with Crippen molar-refractivity contribution < 1.29 is 15.0 Å². The summed E-state index contributed by atoms with van der Waals surface area (Å²) in [6.45, 7) is 2.30. The van der Waals surface area contributed by atoms with E-state index in [1.165, 1.54) is 12.3 Å². The lowest BCUT2D eigenvalue weighted by molar-refractivity contribution is 0.0696. The van der Waals surface area contributed by atoms with Crippen LogP contribution in [0.2, 0.25) is 0 Å². The smallest absolute Gasteiger partial charge is 0.337 e. The predicted octanol–water partition coefficient (Wildman–Crippen LogP) is 1.78. The van der Waals surface area contributed by atoms with E-state index >= 15 is 0 Å². The molecule has 0 amide bonds. The second kappa shape index (κ2) is 6.47. The fourth-order valence-corrected chi connectivity index (χ4v) is 2.00. The molecule has 3 N–H and O–H groups in total. The van der Waals surface area contributed by atoms with Gasteiger partial charge in [-0.25, -0.2) is 4.79 Å². The van der Waals surface area contributed by atoms with E-state index in [1.54, 1.807) is 6.07 Å². The van der Waals surface area contributed by atoms with Crippen LogP contribution in [-0.4, -0.2) is 27.8 Å². The number of aliphatic hydroxyl groups excluding tert-OH is 1. The topological polar surface area (TPSA) is 82.5 Å². The highest BCUT2D eigenvalue weighted by atomic mass is 16.4. The summed E-state index contributed by atoms with van der Waals surface area (Å²) in [4.78, 5) is 14.9. The number of carboxylic acid groups (broad SMARTS) is 1. The Bertz CT molecular complexity index is 599. The fraction of sp³-hybridized carbons (Fsp3) is 0.250. The van der Waals surface area contributed by atoms with Gasteiger partial charge in [-0.1, -0.05) is 30.3 Å². The minimum atomic E-state index is -0.994. The maximum absolute atomic E-state index is 10.8. The Kier molecular flexibility index (Phi) is 4.67. The van der Waals surface area contributed by atoms with Gasteiger partial charge in [0.2, 0.25) is 0 Å². The van der Waals surface area contributed by atoms with Gasteiger partial charge in [-0.3, -0.25) is 4.98 Å². The van der Waals surface area contributed by atoms with Crippen LogP contribution in [0.5, 0.6) is 0 Å². The van der Waals surface area contributed by atoms with Crippen molar-refractivity contribution in [1.29, 1.82) is 0 Å². The number of aromatic nitrogens is 1. The molecule has 0 bridgehead atoms. The molecule has 1 atom stereocenters. The Morgan fingerprint density at radius 3 is 2.48 bits per heavy atom. The van der Waals surface area contributed by atoms with Crippen LogP contribution in [0.4, 0.5) is 0 Å². The van der Waals surface area contributed by atoms with Gasteiger partial charge in [0.25, 0.3) is 0 Å². The Morgan fingerprint density at radius 1 is 1.24 bits per heavy atom.